The topological polar surface area (TPSA) is 153 Å². The fourth-order valence-electron chi connectivity index (χ4n) is 9.23. The Bertz CT molecular complexity index is 1260. The minimum absolute atomic E-state index is 0. The molecular weight excluding hydrogens is 650 g/mol. The summed E-state index contributed by atoms with van der Waals surface area (Å²) in [7, 11) is 4.30. The molecule has 51 heavy (non-hydrogen) atoms. The Morgan fingerprint density at radius 1 is 0.627 bits per heavy atom. The van der Waals surface area contributed by atoms with Crippen molar-refractivity contribution in [3.05, 3.63) is 71.8 Å². The molecule has 2 aromatic rings. The van der Waals surface area contributed by atoms with Crippen molar-refractivity contribution < 1.29 is 38.7 Å². The lowest BCUT2D eigenvalue weighted by Crippen LogP contribution is -2.62. The van der Waals surface area contributed by atoms with Crippen LogP contribution in [0.3, 0.4) is 0 Å². The Kier molecular flexibility index (Phi) is 15.0. The molecule has 2 aromatic carbocycles. The van der Waals surface area contributed by atoms with Crippen LogP contribution in [-0.2, 0) is 28.5 Å². The second-order valence-corrected chi connectivity index (χ2v) is 14.3. The van der Waals surface area contributed by atoms with Crippen LogP contribution in [0.2, 0.25) is 0 Å². The van der Waals surface area contributed by atoms with Gasteiger partial charge < -0.3 is 35.3 Å². The second-order valence-electron chi connectivity index (χ2n) is 14.3. The zero-order valence-electron chi connectivity index (χ0n) is 31.3. The summed E-state index contributed by atoms with van der Waals surface area (Å²) in [5, 5.41) is 15.1. The van der Waals surface area contributed by atoms with E-state index in [4.69, 9.17) is 29.2 Å². The Balaban J connectivity index is 0.000000780. The monoisotopic (exact) mass is 711 g/mol. The molecule has 284 valence electrons. The van der Waals surface area contributed by atoms with Crippen LogP contribution >= 0.6 is 0 Å². The van der Waals surface area contributed by atoms with Crippen LogP contribution in [0.1, 0.15) is 89.2 Å². The van der Waals surface area contributed by atoms with Gasteiger partial charge in [-0.05, 0) is 77.6 Å². The van der Waals surface area contributed by atoms with Crippen molar-refractivity contribution in [1.29, 1.82) is 0 Å². The van der Waals surface area contributed by atoms with Gasteiger partial charge in [0.15, 0.2) is 0 Å². The highest BCUT2D eigenvalue weighted by Gasteiger charge is 2.59. The van der Waals surface area contributed by atoms with E-state index in [1.54, 1.807) is 13.8 Å². The molecule has 5 fully saturated rings. The van der Waals surface area contributed by atoms with E-state index in [0.29, 0.717) is 12.1 Å². The van der Waals surface area contributed by atoms with Crippen LogP contribution in [0.4, 0.5) is 0 Å². The highest BCUT2D eigenvalue weighted by Crippen LogP contribution is 2.54. The largest absolute Gasteiger partial charge is 0.458 e. The smallest absolute Gasteiger partial charge is 0.303 e. The molecule has 4 saturated heterocycles. The van der Waals surface area contributed by atoms with Crippen molar-refractivity contribution in [3.8, 4) is 0 Å². The SMILES string of the molecule is CC(=O)OC1C(OC2C(c3ccccc3)C(OC3CC4CCC(C3OC(C)=O)N4C)C2c2ccccc2)CC2CCC1N2C.CCO.CCO.N. The van der Waals surface area contributed by atoms with Gasteiger partial charge in [-0.1, -0.05) is 60.7 Å². The highest BCUT2D eigenvalue weighted by atomic mass is 16.6. The van der Waals surface area contributed by atoms with Crippen LogP contribution in [0.25, 0.3) is 0 Å². The third-order valence-electron chi connectivity index (χ3n) is 11.3. The zero-order chi connectivity index (χ0) is 35.9. The number of hydrogen-bond donors (Lipinski definition) is 3. The maximum Gasteiger partial charge on any atom is 0.303 e. The molecule has 0 radical (unpaired) electrons. The number of nitrogens with zero attached hydrogens (tertiary/aromatic N) is 2. The minimum Gasteiger partial charge on any atom is -0.458 e. The van der Waals surface area contributed by atoms with E-state index in [0.717, 1.165) is 38.5 Å². The lowest BCUT2D eigenvalue weighted by Gasteiger charge is -2.56. The molecule has 4 heterocycles. The van der Waals surface area contributed by atoms with Crippen molar-refractivity contribution in [1.82, 2.24) is 16.0 Å². The Hall–Kier alpha value is -2.90. The summed E-state index contributed by atoms with van der Waals surface area (Å²) >= 11 is 0. The average molecular weight is 712 g/mol. The van der Waals surface area contributed by atoms with Crippen LogP contribution in [0.5, 0.6) is 0 Å². The molecule has 0 amide bonds. The molecule has 11 nitrogen and oxygen atoms in total. The predicted molar refractivity (Wildman–Crippen MR) is 196 cm³/mol. The Morgan fingerprint density at radius 2 is 0.961 bits per heavy atom. The zero-order valence-corrected chi connectivity index (χ0v) is 31.3. The van der Waals surface area contributed by atoms with Crippen LogP contribution in [-0.4, -0.2) is 120 Å². The molecular formula is C40H61N3O8. The maximum atomic E-state index is 12.3. The normalized spacial score (nSPS) is 35.1. The van der Waals surface area contributed by atoms with Crippen molar-refractivity contribution in [2.45, 2.75) is 139 Å². The third-order valence-corrected chi connectivity index (χ3v) is 11.3. The molecule has 1 aliphatic carbocycles. The summed E-state index contributed by atoms with van der Waals surface area (Å²) < 4.78 is 26.4. The standard InChI is InChI=1S/C36H46N2O6.2C2H6O.H3N/c1-21(39)41-33-27-17-15-25(37(27)3)19-29(33)43-35-31(23-11-7-5-8-12-23)36(32(35)24-13-9-6-10-14-24)44-30-20-26-16-18-28(38(26)4)34(30)42-22(2)40;2*1-2-3;/h5-14,25-36H,15-20H2,1-4H3;2*3H,2H2,1H3;1H3. The van der Waals surface area contributed by atoms with Crippen LogP contribution in [0, 0.1) is 0 Å². The number of aliphatic hydroxyl groups excluding tert-OH is 2. The van der Waals surface area contributed by atoms with E-state index < -0.39 is 0 Å². The number of rotatable bonds is 8. The fraction of sp³-hybridized carbons (Fsp3) is 0.650. The van der Waals surface area contributed by atoms with Gasteiger partial charge in [0.05, 0.1) is 24.4 Å². The van der Waals surface area contributed by atoms with Crippen LogP contribution in [0.15, 0.2) is 60.7 Å². The summed E-state index contributed by atoms with van der Waals surface area (Å²) in [6.07, 6.45) is 4.57. The first-order valence-electron chi connectivity index (χ1n) is 18.5. The molecule has 0 spiro atoms. The van der Waals surface area contributed by atoms with Crippen molar-refractivity contribution in [2.75, 3.05) is 27.3 Å². The number of aliphatic hydroxyl groups is 2. The number of piperidine rings is 2. The van der Waals surface area contributed by atoms with E-state index in [1.807, 2.05) is 12.1 Å². The molecule has 5 N–H and O–H groups in total. The number of esters is 2. The number of carbonyl (C=O) groups excluding carboxylic acids is 2. The van der Waals surface area contributed by atoms with E-state index in [9.17, 15) is 9.59 Å². The second kappa shape index (κ2) is 18.7. The van der Waals surface area contributed by atoms with Crippen LogP contribution < -0.4 is 6.15 Å². The number of fused-ring (bicyclic) bond motifs is 4. The first-order valence-corrected chi connectivity index (χ1v) is 18.5. The minimum atomic E-state index is -0.304. The maximum absolute atomic E-state index is 12.3. The van der Waals surface area contributed by atoms with Gasteiger partial charge in [-0.15, -0.1) is 0 Å². The van der Waals surface area contributed by atoms with Gasteiger partial charge in [-0.3, -0.25) is 19.4 Å². The molecule has 0 aromatic heterocycles. The van der Waals surface area contributed by atoms with E-state index in [2.05, 4.69) is 72.4 Å². The lowest BCUT2D eigenvalue weighted by atomic mass is 9.62. The van der Waals surface area contributed by atoms with Crippen molar-refractivity contribution >= 4 is 11.9 Å². The van der Waals surface area contributed by atoms with Gasteiger partial charge in [-0.2, -0.15) is 0 Å². The predicted octanol–water partition coefficient (Wildman–Crippen LogP) is 4.83. The number of likely N-dealkylation sites (N-methyl/N-ethyl adjacent to an activating group) is 2. The Labute approximate surface area is 304 Å². The van der Waals surface area contributed by atoms with E-state index in [1.165, 1.54) is 25.0 Å². The fourth-order valence-corrected chi connectivity index (χ4v) is 9.23. The molecule has 4 bridgehead atoms. The number of hydrogen-bond acceptors (Lipinski definition) is 11. The van der Waals surface area contributed by atoms with Gasteiger partial charge in [-0.25, -0.2) is 0 Å². The summed E-state index contributed by atoms with van der Waals surface area (Å²) in [5.41, 5.74) is 2.35. The van der Waals surface area contributed by atoms with Gasteiger partial charge in [0.2, 0.25) is 0 Å². The molecule has 8 atom stereocenters. The highest BCUT2D eigenvalue weighted by molar-refractivity contribution is 5.66. The quantitative estimate of drug-likeness (QED) is 0.323. The molecule has 7 rings (SSSR count). The first-order chi connectivity index (χ1) is 24.1. The lowest BCUT2D eigenvalue weighted by molar-refractivity contribution is -0.231. The summed E-state index contributed by atoms with van der Waals surface area (Å²) in [4.78, 5) is 29.3. The van der Waals surface area contributed by atoms with Crippen molar-refractivity contribution in [3.63, 3.8) is 0 Å². The van der Waals surface area contributed by atoms with Gasteiger partial charge in [0, 0.05) is 63.1 Å². The molecule has 1 saturated carbocycles. The molecule has 8 unspecified atom stereocenters. The first kappa shape index (κ1) is 40.9. The van der Waals surface area contributed by atoms with E-state index >= 15 is 0 Å². The van der Waals surface area contributed by atoms with Gasteiger partial charge >= 0.3 is 11.9 Å². The molecule has 4 aliphatic heterocycles. The van der Waals surface area contributed by atoms with Crippen molar-refractivity contribution in [2.24, 2.45) is 0 Å². The molecule has 5 aliphatic rings. The summed E-state index contributed by atoms with van der Waals surface area (Å²) in [6, 6.07) is 22.2. The third kappa shape index (κ3) is 9.01. The number of carbonyl (C=O) groups is 2. The van der Waals surface area contributed by atoms with Gasteiger partial charge in [0.1, 0.15) is 12.2 Å². The summed E-state index contributed by atoms with van der Waals surface area (Å²) in [6.45, 7) is 6.86. The summed E-state index contributed by atoms with van der Waals surface area (Å²) in [5.74, 6) is -0.562. The average Bonchev–Trinajstić information content (AvgIpc) is 3.48. The van der Waals surface area contributed by atoms with E-state index in [-0.39, 0.29) is 91.8 Å². The molecule has 11 heteroatoms. The number of benzene rings is 2. The number of ether oxygens (including phenoxy) is 4. The Morgan fingerprint density at radius 3 is 1.27 bits per heavy atom. The van der Waals surface area contributed by atoms with Gasteiger partial charge in [0.25, 0.3) is 0 Å².